The van der Waals surface area contributed by atoms with E-state index in [1.165, 1.54) is 11.0 Å². The molecule has 0 unspecified atom stereocenters. The lowest BCUT2D eigenvalue weighted by Gasteiger charge is -2.15. The SMILES string of the molecule is CN(CCc1cc(Br)ccc1F)C(=O)CCl. The average molecular weight is 309 g/mol. The van der Waals surface area contributed by atoms with Crippen LogP contribution in [0.5, 0.6) is 0 Å². The molecule has 0 atom stereocenters. The Balaban J connectivity index is 2.60. The van der Waals surface area contributed by atoms with Crippen molar-refractivity contribution in [2.24, 2.45) is 0 Å². The summed E-state index contributed by atoms with van der Waals surface area (Å²) in [6, 6.07) is 4.77. The molecule has 0 radical (unpaired) electrons. The van der Waals surface area contributed by atoms with Crippen molar-refractivity contribution in [1.29, 1.82) is 0 Å². The van der Waals surface area contributed by atoms with Crippen LogP contribution in [-0.2, 0) is 11.2 Å². The van der Waals surface area contributed by atoms with E-state index in [1.807, 2.05) is 0 Å². The van der Waals surface area contributed by atoms with Gasteiger partial charge in [0, 0.05) is 18.1 Å². The molecule has 1 aromatic rings. The minimum atomic E-state index is -0.255. The molecule has 0 saturated carbocycles. The number of nitrogens with zero attached hydrogens (tertiary/aromatic N) is 1. The molecule has 0 spiro atoms. The molecule has 5 heteroatoms. The van der Waals surface area contributed by atoms with Crippen LogP contribution in [0.4, 0.5) is 4.39 Å². The lowest BCUT2D eigenvalue weighted by molar-refractivity contribution is -0.127. The van der Waals surface area contributed by atoms with Crippen molar-refractivity contribution >= 4 is 33.4 Å². The van der Waals surface area contributed by atoms with E-state index in [4.69, 9.17) is 11.6 Å². The number of carbonyl (C=O) groups excluding carboxylic acids is 1. The lowest BCUT2D eigenvalue weighted by atomic mass is 10.1. The Kier molecular flexibility index (Phi) is 5.22. The molecule has 1 amide bonds. The van der Waals surface area contributed by atoms with Crippen molar-refractivity contribution in [3.05, 3.63) is 34.1 Å². The Hall–Kier alpha value is -0.610. The fourth-order valence-electron chi connectivity index (χ4n) is 1.25. The van der Waals surface area contributed by atoms with E-state index in [1.54, 1.807) is 19.2 Å². The summed E-state index contributed by atoms with van der Waals surface area (Å²) >= 11 is 8.69. The Bertz CT molecular complexity index is 386. The highest BCUT2D eigenvalue weighted by molar-refractivity contribution is 9.10. The third-order valence-corrected chi connectivity index (χ3v) is 2.99. The van der Waals surface area contributed by atoms with Gasteiger partial charge in [0.2, 0.25) is 5.91 Å². The molecular weight excluding hydrogens is 296 g/mol. The molecule has 1 rings (SSSR count). The molecule has 0 fully saturated rings. The van der Waals surface area contributed by atoms with Crippen molar-refractivity contribution in [1.82, 2.24) is 4.90 Å². The second-order valence-corrected chi connectivity index (χ2v) is 4.62. The van der Waals surface area contributed by atoms with Gasteiger partial charge in [-0.25, -0.2) is 4.39 Å². The van der Waals surface area contributed by atoms with Crippen molar-refractivity contribution in [2.75, 3.05) is 19.5 Å². The van der Waals surface area contributed by atoms with Crippen LogP contribution < -0.4 is 0 Å². The van der Waals surface area contributed by atoms with E-state index in [0.717, 1.165) is 4.47 Å². The standard InChI is InChI=1S/C11H12BrClFNO/c1-15(11(16)7-13)5-4-8-6-9(12)2-3-10(8)14/h2-3,6H,4-5,7H2,1H3. The number of rotatable bonds is 4. The molecule has 0 bridgehead atoms. The van der Waals surface area contributed by atoms with Gasteiger partial charge < -0.3 is 4.90 Å². The fraction of sp³-hybridized carbons (Fsp3) is 0.364. The predicted octanol–water partition coefficient (Wildman–Crippen LogP) is 2.83. The summed E-state index contributed by atoms with van der Waals surface area (Å²) in [5, 5.41) is 0. The number of likely N-dealkylation sites (N-methyl/N-ethyl adjacent to an activating group) is 1. The first kappa shape index (κ1) is 13.5. The second-order valence-electron chi connectivity index (χ2n) is 3.43. The summed E-state index contributed by atoms with van der Waals surface area (Å²) < 4.78 is 14.2. The normalized spacial score (nSPS) is 10.2. The van der Waals surface area contributed by atoms with Crippen LogP contribution in [0.15, 0.2) is 22.7 Å². The molecule has 0 N–H and O–H groups in total. The van der Waals surface area contributed by atoms with E-state index in [0.29, 0.717) is 18.5 Å². The quantitative estimate of drug-likeness (QED) is 0.783. The van der Waals surface area contributed by atoms with Crippen LogP contribution in [0.3, 0.4) is 0 Å². The number of amides is 1. The molecular formula is C11H12BrClFNO. The molecule has 1 aromatic carbocycles. The molecule has 2 nitrogen and oxygen atoms in total. The summed E-state index contributed by atoms with van der Waals surface area (Å²) in [7, 11) is 1.65. The van der Waals surface area contributed by atoms with Crippen LogP contribution in [0.25, 0.3) is 0 Å². The van der Waals surface area contributed by atoms with E-state index in [9.17, 15) is 9.18 Å². The zero-order chi connectivity index (χ0) is 12.1. The maximum Gasteiger partial charge on any atom is 0.237 e. The predicted molar refractivity (Wildman–Crippen MR) is 66.2 cm³/mol. The Morgan fingerprint density at radius 2 is 2.25 bits per heavy atom. The van der Waals surface area contributed by atoms with Gasteiger partial charge in [-0.3, -0.25) is 4.79 Å². The van der Waals surface area contributed by atoms with Gasteiger partial charge in [-0.05, 0) is 30.2 Å². The molecule has 0 aliphatic carbocycles. The third kappa shape index (κ3) is 3.76. The van der Waals surface area contributed by atoms with Crippen LogP contribution in [0.1, 0.15) is 5.56 Å². The van der Waals surface area contributed by atoms with E-state index < -0.39 is 0 Å². The topological polar surface area (TPSA) is 20.3 Å². The van der Waals surface area contributed by atoms with Gasteiger partial charge in [-0.15, -0.1) is 11.6 Å². The summed E-state index contributed by atoms with van der Waals surface area (Å²) in [6.07, 6.45) is 0.477. The molecule has 0 aromatic heterocycles. The number of halogens is 3. The minimum absolute atomic E-state index is 0.0442. The molecule has 0 heterocycles. The van der Waals surface area contributed by atoms with Gasteiger partial charge >= 0.3 is 0 Å². The molecule has 0 aliphatic rings. The zero-order valence-electron chi connectivity index (χ0n) is 8.84. The smallest absolute Gasteiger partial charge is 0.237 e. The first-order valence-electron chi connectivity index (χ1n) is 4.78. The van der Waals surface area contributed by atoms with Gasteiger partial charge in [0.1, 0.15) is 11.7 Å². The van der Waals surface area contributed by atoms with Gasteiger partial charge in [-0.1, -0.05) is 15.9 Å². The first-order valence-corrected chi connectivity index (χ1v) is 6.11. The monoisotopic (exact) mass is 307 g/mol. The third-order valence-electron chi connectivity index (χ3n) is 2.26. The van der Waals surface area contributed by atoms with Gasteiger partial charge in [0.05, 0.1) is 0 Å². The summed E-state index contributed by atoms with van der Waals surface area (Å²) in [5.41, 5.74) is 0.587. The number of alkyl halides is 1. The number of hydrogen-bond acceptors (Lipinski definition) is 1. The maximum absolute atomic E-state index is 13.4. The minimum Gasteiger partial charge on any atom is -0.344 e. The highest BCUT2D eigenvalue weighted by Gasteiger charge is 2.08. The van der Waals surface area contributed by atoms with E-state index in [-0.39, 0.29) is 17.6 Å². The Morgan fingerprint density at radius 1 is 1.56 bits per heavy atom. The van der Waals surface area contributed by atoms with Gasteiger partial charge in [0.25, 0.3) is 0 Å². The lowest BCUT2D eigenvalue weighted by Crippen LogP contribution is -2.29. The van der Waals surface area contributed by atoms with Crippen LogP contribution in [0.2, 0.25) is 0 Å². The van der Waals surface area contributed by atoms with Crippen molar-refractivity contribution in [3.63, 3.8) is 0 Å². The largest absolute Gasteiger partial charge is 0.344 e. The molecule has 16 heavy (non-hydrogen) atoms. The number of hydrogen-bond donors (Lipinski definition) is 0. The average Bonchev–Trinajstić information content (AvgIpc) is 2.28. The van der Waals surface area contributed by atoms with Crippen molar-refractivity contribution < 1.29 is 9.18 Å². The molecule has 88 valence electrons. The maximum atomic E-state index is 13.4. The van der Waals surface area contributed by atoms with Crippen LogP contribution in [0, 0.1) is 5.82 Å². The van der Waals surface area contributed by atoms with Crippen molar-refractivity contribution in [3.8, 4) is 0 Å². The van der Waals surface area contributed by atoms with Crippen molar-refractivity contribution in [2.45, 2.75) is 6.42 Å². The number of carbonyl (C=O) groups is 1. The summed E-state index contributed by atoms with van der Waals surface area (Å²) in [4.78, 5) is 12.7. The highest BCUT2D eigenvalue weighted by Crippen LogP contribution is 2.16. The molecule has 0 saturated heterocycles. The number of benzene rings is 1. The Morgan fingerprint density at radius 3 is 2.88 bits per heavy atom. The van der Waals surface area contributed by atoms with E-state index >= 15 is 0 Å². The summed E-state index contributed by atoms with van der Waals surface area (Å²) in [5.74, 6) is -0.454. The Labute approximate surface area is 108 Å². The summed E-state index contributed by atoms with van der Waals surface area (Å²) in [6.45, 7) is 0.457. The zero-order valence-corrected chi connectivity index (χ0v) is 11.2. The molecule has 0 aliphatic heterocycles. The van der Waals surface area contributed by atoms with Crippen LogP contribution >= 0.6 is 27.5 Å². The van der Waals surface area contributed by atoms with Gasteiger partial charge in [0.15, 0.2) is 0 Å². The van der Waals surface area contributed by atoms with Gasteiger partial charge in [-0.2, -0.15) is 0 Å². The van der Waals surface area contributed by atoms with Crippen LogP contribution in [-0.4, -0.2) is 30.3 Å². The fourth-order valence-corrected chi connectivity index (χ4v) is 1.86. The second kappa shape index (κ2) is 6.21. The van der Waals surface area contributed by atoms with E-state index in [2.05, 4.69) is 15.9 Å². The first-order chi connectivity index (χ1) is 7.54. The highest BCUT2D eigenvalue weighted by atomic mass is 79.9.